The molecule has 128 valence electrons. The summed E-state index contributed by atoms with van der Waals surface area (Å²) in [6.07, 6.45) is 0.812. The number of anilines is 1. The summed E-state index contributed by atoms with van der Waals surface area (Å²) in [5, 5.41) is 15.0. The number of carbonyl (C=O) groups excluding carboxylic acids is 1. The highest BCUT2D eigenvalue weighted by atomic mass is 35.5. The summed E-state index contributed by atoms with van der Waals surface area (Å²) in [5.74, 6) is -0.433. The standard InChI is InChI=1S/C16H23ClFN3O2/c1-10(9-22)11(2)19-16(23)20-12-5-6-21(8-12)13-3-4-15(18)14(17)7-13/h3-4,7,10-12,22H,5-6,8-9H2,1-2H3,(H2,19,20,23). The SMILES string of the molecule is CC(CO)C(C)NC(=O)NC1CCN(c2ccc(F)c(Cl)c2)C1. The molecule has 3 unspecified atom stereocenters. The second-order valence-corrected chi connectivity index (χ2v) is 6.50. The maximum absolute atomic E-state index is 13.2. The van der Waals surface area contributed by atoms with Gasteiger partial charge in [-0.15, -0.1) is 0 Å². The van der Waals surface area contributed by atoms with Crippen LogP contribution in [0.15, 0.2) is 18.2 Å². The molecule has 0 bridgehead atoms. The quantitative estimate of drug-likeness (QED) is 0.769. The first kappa shape index (κ1) is 17.8. The van der Waals surface area contributed by atoms with Gasteiger partial charge in [-0.1, -0.05) is 18.5 Å². The first-order valence-electron chi connectivity index (χ1n) is 7.78. The predicted molar refractivity (Wildman–Crippen MR) is 89.4 cm³/mol. The molecular formula is C16H23ClFN3O2. The van der Waals surface area contributed by atoms with Crippen LogP contribution in [0.3, 0.4) is 0 Å². The second kappa shape index (κ2) is 7.84. The van der Waals surface area contributed by atoms with Gasteiger partial charge in [0.15, 0.2) is 0 Å². The number of urea groups is 1. The van der Waals surface area contributed by atoms with Gasteiger partial charge >= 0.3 is 6.03 Å². The molecule has 5 nitrogen and oxygen atoms in total. The van der Waals surface area contributed by atoms with Gasteiger partial charge < -0.3 is 20.6 Å². The van der Waals surface area contributed by atoms with Crippen LogP contribution in [0.2, 0.25) is 5.02 Å². The Kier molecular flexibility index (Phi) is 6.07. The van der Waals surface area contributed by atoms with Gasteiger partial charge in [-0.3, -0.25) is 0 Å². The van der Waals surface area contributed by atoms with Crippen LogP contribution in [0.25, 0.3) is 0 Å². The lowest BCUT2D eigenvalue weighted by molar-refractivity contribution is 0.199. The summed E-state index contributed by atoms with van der Waals surface area (Å²) in [6, 6.07) is 4.33. The van der Waals surface area contributed by atoms with Crippen LogP contribution in [0.4, 0.5) is 14.9 Å². The molecule has 1 aromatic carbocycles. The Morgan fingerprint density at radius 3 is 2.91 bits per heavy atom. The van der Waals surface area contributed by atoms with Crippen LogP contribution in [0.5, 0.6) is 0 Å². The van der Waals surface area contributed by atoms with Gasteiger partial charge in [0.05, 0.1) is 5.02 Å². The Morgan fingerprint density at radius 2 is 2.26 bits per heavy atom. The number of benzene rings is 1. The molecule has 1 saturated heterocycles. The molecule has 7 heteroatoms. The van der Waals surface area contributed by atoms with E-state index in [2.05, 4.69) is 15.5 Å². The first-order valence-corrected chi connectivity index (χ1v) is 8.16. The maximum atomic E-state index is 13.2. The summed E-state index contributed by atoms with van der Waals surface area (Å²) < 4.78 is 13.2. The van der Waals surface area contributed by atoms with Gasteiger partial charge in [-0.05, 0) is 37.5 Å². The number of hydrogen-bond acceptors (Lipinski definition) is 3. The number of nitrogens with zero attached hydrogens (tertiary/aromatic N) is 1. The Labute approximate surface area is 140 Å². The zero-order valence-electron chi connectivity index (χ0n) is 13.4. The third-order valence-electron chi connectivity index (χ3n) is 4.29. The summed E-state index contributed by atoms with van der Waals surface area (Å²) in [6.45, 7) is 5.20. The smallest absolute Gasteiger partial charge is 0.315 e. The molecule has 0 aliphatic carbocycles. The molecular weight excluding hydrogens is 321 g/mol. The largest absolute Gasteiger partial charge is 0.396 e. The van der Waals surface area contributed by atoms with Gasteiger partial charge in [0.25, 0.3) is 0 Å². The van der Waals surface area contributed by atoms with Crippen molar-refractivity contribution in [3.05, 3.63) is 29.0 Å². The Balaban J connectivity index is 1.85. The van der Waals surface area contributed by atoms with Crippen molar-refractivity contribution in [3.63, 3.8) is 0 Å². The lowest BCUT2D eigenvalue weighted by Gasteiger charge is -2.22. The number of rotatable bonds is 5. The van der Waals surface area contributed by atoms with Crippen LogP contribution in [0.1, 0.15) is 20.3 Å². The number of carbonyl (C=O) groups is 1. The van der Waals surface area contributed by atoms with Crippen LogP contribution in [0, 0.1) is 11.7 Å². The molecule has 1 aromatic rings. The summed E-state index contributed by atoms with van der Waals surface area (Å²) >= 11 is 5.81. The van der Waals surface area contributed by atoms with Gasteiger partial charge in [0.1, 0.15) is 5.82 Å². The van der Waals surface area contributed by atoms with Crippen LogP contribution < -0.4 is 15.5 Å². The minimum Gasteiger partial charge on any atom is -0.396 e. The van der Waals surface area contributed by atoms with Gasteiger partial charge in [-0.25, -0.2) is 9.18 Å². The van der Waals surface area contributed by atoms with Crippen molar-refractivity contribution in [2.75, 3.05) is 24.6 Å². The lowest BCUT2D eigenvalue weighted by atomic mass is 10.1. The molecule has 23 heavy (non-hydrogen) atoms. The average molecular weight is 344 g/mol. The fraction of sp³-hybridized carbons (Fsp3) is 0.562. The van der Waals surface area contributed by atoms with Crippen molar-refractivity contribution in [2.24, 2.45) is 5.92 Å². The van der Waals surface area contributed by atoms with E-state index in [9.17, 15) is 9.18 Å². The molecule has 3 atom stereocenters. The molecule has 0 radical (unpaired) electrons. The summed E-state index contributed by atoms with van der Waals surface area (Å²) in [7, 11) is 0. The highest BCUT2D eigenvalue weighted by molar-refractivity contribution is 6.31. The second-order valence-electron chi connectivity index (χ2n) is 6.10. The fourth-order valence-electron chi connectivity index (χ4n) is 2.53. The number of hydrogen-bond donors (Lipinski definition) is 3. The van der Waals surface area contributed by atoms with Crippen molar-refractivity contribution < 1.29 is 14.3 Å². The van der Waals surface area contributed by atoms with E-state index in [4.69, 9.17) is 16.7 Å². The Hall–Kier alpha value is -1.53. The number of nitrogens with one attached hydrogen (secondary N) is 2. The Morgan fingerprint density at radius 1 is 1.52 bits per heavy atom. The molecule has 1 fully saturated rings. The van der Waals surface area contributed by atoms with Gasteiger partial charge in [0.2, 0.25) is 0 Å². The predicted octanol–water partition coefficient (Wildman–Crippen LogP) is 2.37. The van der Waals surface area contributed by atoms with Crippen molar-refractivity contribution >= 4 is 23.3 Å². The topological polar surface area (TPSA) is 64.6 Å². The van der Waals surface area contributed by atoms with E-state index < -0.39 is 5.82 Å². The van der Waals surface area contributed by atoms with E-state index >= 15 is 0 Å². The minimum atomic E-state index is -0.435. The Bertz CT molecular complexity index is 558. The van der Waals surface area contributed by atoms with Gasteiger partial charge in [0, 0.05) is 37.5 Å². The highest BCUT2D eigenvalue weighted by Crippen LogP contribution is 2.25. The van der Waals surface area contributed by atoms with Crippen molar-refractivity contribution in [2.45, 2.75) is 32.4 Å². The highest BCUT2D eigenvalue weighted by Gasteiger charge is 2.25. The molecule has 1 aliphatic rings. The number of aliphatic hydroxyl groups is 1. The van der Waals surface area contributed by atoms with E-state index in [1.807, 2.05) is 13.8 Å². The monoisotopic (exact) mass is 343 g/mol. The normalized spacial score (nSPS) is 20.2. The van der Waals surface area contributed by atoms with Gasteiger partial charge in [-0.2, -0.15) is 0 Å². The summed E-state index contributed by atoms with van der Waals surface area (Å²) in [4.78, 5) is 14.0. The molecule has 0 saturated carbocycles. The zero-order valence-corrected chi connectivity index (χ0v) is 14.1. The van der Waals surface area contributed by atoms with Crippen molar-refractivity contribution in [1.29, 1.82) is 0 Å². The first-order chi connectivity index (χ1) is 10.9. The number of aliphatic hydroxyl groups excluding tert-OH is 1. The van der Waals surface area contributed by atoms with Crippen molar-refractivity contribution in [1.82, 2.24) is 10.6 Å². The zero-order chi connectivity index (χ0) is 17.0. The van der Waals surface area contributed by atoms with Crippen LogP contribution >= 0.6 is 11.6 Å². The lowest BCUT2D eigenvalue weighted by Crippen LogP contribution is -2.48. The molecule has 2 amide bonds. The summed E-state index contributed by atoms with van der Waals surface area (Å²) in [5.41, 5.74) is 0.850. The van der Waals surface area contributed by atoms with E-state index in [1.54, 1.807) is 12.1 Å². The van der Waals surface area contributed by atoms with E-state index in [-0.39, 0.29) is 35.7 Å². The average Bonchev–Trinajstić information content (AvgIpc) is 2.97. The maximum Gasteiger partial charge on any atom is 0.315 e. The van der Waals surface area contributed by atoms with E-state index in [1.165, 1.54) is 6.07 Å². The minimum absolute atomic E-state index is 0.00202. The fourth-order valence-corrected chi connectivity index (χ4v) is 2.70. The van der Waals surface area contributed by atoms with E-state index in [0.29, 0.717) is 6.54 Å². The molecule has 0 spiro atoms. The molecule has 1 heterocycles. The molecule has 0 aromatic heterocycles. The van der Waals surface area contributed by atoms with Crippen molar-refractivity contribution in [3.8, 4) is 0 Å². The van der Waals surface area contributed by atoms with E-state index in [0.717, 1.165) is 18.7 Å². The third kappa shape index (κ3) is 4.72. The number of halogens is 2. The molecule has 1 aliphatic heterocycles. The number of amides is 2. The molecule has 3 N–H and O–H groups in total. The third-order valence-corrected chi connectivity index (χ3v) is 4.58. The molecule has 2 rings (SSSR count). The van der Waals surface area contributed by atoms with Crippen LogP contribution in [-0.2, 0) is 0 Å². The van der Waals surface area contributed by atoms with Crippen LogP contribution in [-0.4, -0.2) is 42.9 Å².